The molecule has 2 saturated heterocycles. The molecule has 1 aliphatic carbocycles. The summed E-state index contributed by atoms with van der Waals surface area (Å²) in [6.07, 6.45) is 2.74. The van der Waals surface area contributed by atoms with Crippen LogP contribution < -0.4 is 4.74 Å². The van der Waals surface area contributed by atoms with E-state index in [1.807, 2.05) is 34.9 Å². The zero-order chi connectivity index (χ0) is 27.0. The number of carbonyl (C=O) groups excluding carboxylic acids is 3. The van der Waals surface area contributed by atoms with Crippen molar-refractivity contribution in [3.8, 4) is 5.75 Å². The lowest BCUT2D eigenvalue weighted by molar-refractivity contribution is -0.142. The van der Waals surface area contributed by atoms with Crippen LogP contribution in [-0.2, 0) is 9.59 Å². The first-order chi connectivity index (χ1) is 18.2. The Morgan fingerprint density at radius 2 is 1.63 bits per heavy atom. The number of hydrogen-bond donors (Lipinski definition) is 0. The van der Waals surface area contributed by atoms with Gasteiger partial charge in [0.05, 0.1) is 16.1 Å². The van der Waals surface area contributed by atoms with Gasteiger partial charge in [0.15, 0.2) is 0 Å². The van der Waals surface area contributed by atoms with Crippen molar-refractivity contribution in [2.24, 2.45) is 11.3 Å². The van der Waals surface area contributed by atoms with Gasteiger partial charge in [0.1, 0.15) is 5.75 Å². The fraction of sp³-hybridized carbons (Fsp3) is 0.483. The second-order valence-corrected chi connectivity index (χ2v) is 11.8. The highest BCUT2D eigenvalue weighted by Crippen LogP contribution is 2.47. The van der Waals surface area contributed by atoms with E-state index < -0.39 is 6.09 Å². The lowest BCUT2D eigenvalue weighted by Crippen LogP contribution is -2.46. The van der Waals surface area contributed by atoms with Crippen molar-refractivity contribution in [3.63, 3.8) is 0 Å². The molecule has 5 rings (SSSR count). The molecule has 1 saturated carbocycles. The molecule has 7 nitrogen and oxygen atoms in total. The van der Waals surface area contributed by atoms with E-state index in [-0.39, 0.29) is 35.1 Å². The summed E-state index contributed by atoms with van der Waals surface area (Å²) in [6, 6.07) is 14.1. The van der Waals surface area contributed by atoms with Crippen molar-refractivity contribution in [2.45, 2.75) is 44.6 Å². The van der Waals surface area contributed by atoms with Crippen LogP contribution in [0.25, 0.3) is 0 Å². The Kier molecular flexibility index (Phi) is 7.60. The quantitative estimate of drug-likeness (QED) is 0.489. The maximum absolute atomic E-state index is 13.7. The van der Waals surface area contributed by atoms with E-state index in [1.54, 1.807) is 42.3 Å². The summed E-state index contributed by atoms with van der Waals surface area (Å²) in [4.78, 5) is 44.8. The minimum Gasteiger partial charge on any atom is -0.410 e. The first kappa shape index (κ1) is 26.8. The van der Waals surface area contributed by atoms with E-state index in [9.17, 15) is 14.4 Å². The Balaban J connectivity index is 1.30. The summed E-state index contributed by atoms with van der Waals surface area (Å²) in [5, 5.41) is 0.889. The number of nitrogens with zero attached hydrogens (tertiary/aromatic N) is 3. The Labute approximate surface area is 233 Å². The predicted molar refractivity (Wildman–Crippen MR) is 146 cm³/mol. The van der Waals surface area contributed by atoms with E-state index in [0.717, 1.165) is 18.4 Å². The summed E-state index contributed by atoms with van der Waals surface area (Å²) in [6.45, 7) is 4.10. The van der Waals surface area contributed by atoms with E-state index in [0.29, 0.717) is 54.8 Å². The number of rotatable bonds is 5. The Bertz CT molecular complexity index is 1210. The molecule has 0 bridgehead atoms. The molecule has 0 radical (unpaired) electrons. The Morgan fingerprint density at radius 1 is 0.947 bits per heavy atom. The molecule has 3 fully saturated rings. The van der Waals surface area contributed by atoms with Crippen molar-refractivity contribution < 1.29 is 19.1 Å². The van der Waals surface area contributed by atoms with Gasteiger partial charge in [-0.25, -0.2) is 4.79 Å². The molecule has 0 spiro atoms. The van der Waals surface area contributed by atoms with Gasteiger partial charge in [0.2, 0.25) is 11.8 Å². The molecule has 202 valence electrons. The summed E-state index contributed by atoms with van der Waals surface area (Å²) in [5.41, 5.74) is 0.725. The van der Waals surface area contributed by atoms with Gasteiger partial charge in [0, 0.05) is 50.5 Å². The number of benzene rings is 2. The Hall–Kier alpha value is -2.77. The topological polar surface area (TPSA) is 70.2 Å². The number of halogens is 2. The van der Waals surface area contributed by atoms with Gasteiger partial charge in [-0.15, -0.1) is 0 Å². The van der Waals surface area contributed by atoms with Crippen molar-refractivity contribution in [3.05, 3.63) is 64.1 Å². The Morgan fingerprint density at radius 3 is 2.26 bits per heavy atom. The monoisotopic (exact) mass is 557 g/mol. The van der Waals surface area contributed by atoms with Gasteiger partial charge < -0.3 is 19.4 Å². The summed E-state index contributed by atoms with van der Waals surface area (Å²) >= 11 is 12.5. The number of likely N-dealkylation sites (N-methyl/N-ethyl adjacent to an activating group) is 1. The summed E-state index contributed by atoms with van der Waals surface area (Å²) < 4.78 is 5.59. The van der Waals surface area contributed by atoms with Gasteiger partial charge in [0.25, 0.3) is 0 Å². The third-order valence-corrected chi connectivity index (χ3v) is 9.09. The average Bonchev–Trinajstić information content (AvgIpc) is 3.53. The van der Waals surface area contributed by atoms with Gasteiger partial charge in [-0.2, -0.15) is 0 Å². The first-order valence-electron chi connectivity index (χ1n) is 13.2. The lowest BCUT2D eigenvalue weighted by Gasteiger charge is -2.34. The highest BCUT2D eigenvalue weighted by atomic mass is 35.5. The molecule has 38 heavy (non-hydrogen) atoms. The van der Waals surface area contributed by atoms with E-state index in [4.69, 9.17) is 27.9 Å². The molecular formula is C29H33Cl2N3O4. The number of para-hydroxylation sites is 1. The number of piperidine rings is 1. The standard InChI is InChI=1S/C29H33Cl2N3O4/c1-29(12-13-29)27(36)33-14-10-19(11-15-33)26(35)34-17-22(20-8-9-23(30)24(31)16-20)25(18-34)32(2)28(37)38-21-6-4-3-5-7-21/h3-9,16,19,22,25H,10-15,17-18H2,1-2H3/t22-,25+/m0/s1. The van der Waals surface area contributed by atoms with Crippen LogP contribution in [0.2, 0.25) is 10.0 Å². The van der Waals surface area contributed by atoms with E-state index >= 15 is 0 Å². The van der Waals surface area contributed by atoms with Crippen molar-refractivity contribution in [1.82, 2.24) is 14.7 Å². The maximum Gasteiger partial charge on any atom is 0.415 e. The zero-order valence-electron chi connectivity index (χ0n) is 21.7. The normalized spacial score (nSPS) is 22.7. The molecule has 0 N–H and O–H groups in total. The predicted octanol–water partition coefficient (Wildman–Crippen LogP) is 5.46. The van der Waals surface area contributed by atoms with Crippen LogP contribution in [-0.4, -0.2) is 71.9 Å². The molecule has 9 heteroatoms. The van der Waals surface area contributed by atoms with Crippen molar-refractivity contribution in [2.75, 3.05) is 33.2 Å². The third-order valence-electron chi connectivity index (χ3n) is 8.35. The van der Waals surface area contributed by atoms with Gasteiger partial charge in [-0.05, 0) is 55.5 Å². The van der Waals surface area contributed by atoms with Crippen LogP contribution in [0.3, 0.4) is 0 Å². The fourth-order valence-electron chi connectivity index (χ4n) is 5.60. The largest absolute Gasteiger partial charge is 0.415 e. The average molecular weight is 559 g/mol. The summed E-state index contributed by atoms with van der Waals surface area (Å²) in [7, 11) is 1.71. The third kappa shape index (κ3) is 5.50. The molecule has 3 amide bonds. The van der Waals surface area contributed by atoms with E-state index in [2.05, 4.69) is 0 Å². The highest BCUT2D eigenvalue weighted by Gasteiger charge is 2.48. The molecule has 2 heterocycles. The van der Waals surface area contributed by atoms with Gasteiger partial charge in [-0.3, -0.25) is 9.59 Å². The molecule has 2 aromatic carbocycles. The van der Waals surface area contributed by atoms with Crippen LogP contribution in [0.5, 0.6) is 5.75 Å². The number of amides is 3. The van der Waals surface area contributed by atoms with Crippen LogP contribution in [0, 0.1) is 11.3 Å². The van der Waals surface area contributed by atoms with Crippen molar-refractivity contribution in [1.29, 1.82) is 0 Å². The van der Waals surface area contributed by atoms with Gasteiger partial charge >= 0.3 is 6.09 Å². The van der Waals surface area contributed by atoms with Crippen molar-refractivity contribution >= 4 is 41.1 Å². The SMILES string of the molecule is CN(C(=O)Oc1ccccc1)[C@@H]1CN(C(=O)C2CCN(C(=O)C3(C)CC3)CC2)C[C@H]1c1ccc(Cl)c(Cl)c1. The number of carbonyl (C=O) groups is 3. The lowest BCUT2D eigenvalue weighted by atomic mass is 9.93. The molecule has 0 aromatic heterocycles. The van der Waals surface area contributed by atoms with E-state index in [1.165, 1.54) is 0 Å². The van der Waals surface area contributed by atoms with Crippen LogP contribution in [0.1, 0.15) is 44.1 Å². The molecular weight excluding hydrogens is 525 g/mol. The fourth-order valence-corrected chi connectivity index (χ4v) is 5.90. The second-order valence-electron chi connectivity index (χ2n) is 11.0. The molecule has 2 atom stereocenters. The first-order valence-corrected chi connectivity index (χ1v) is 13.9. The number of hydrogen-bond acceptors (Lipinski definition) is 4. The minimum absolute atomic E-state index is 0.0760. The van der Waals surface area contributed by atoms with Crippen LogP contribution >= 0.6 is 23.2 Å². The molecule has 3 aliphatic rings. The molecule has 2 aliphatic heterocycles. The number of ether oxygens (including phenoxy) is 1. The zero-order valence-corrected chi connectivity index (χ0v) is 23.3. The molecule has 0 unspecified atom stereocenters. The summed E-state index contributed by atoms with van der Waals surface area (Å²) in [5.74, 6) is 0.470. The van der Waals surface area contributed by atoms with Gasteiger partial charge in [-0.1, -0.05) is 54.4 Å². The van der Waals surface area contributed by atoms with Crippen LogP contribution in [0.4, 0.5) is 4.79 Å². The smallest absolute Gasteiger partial charge is 0.410 e. The maximum atomic E-state index is 13.7. The van der Waals surface area contributed by atoms with Crippen LogP contribution in [0.15, 0.2) is 48.5 Å². The second kappa shape index (κ2) is 10.8. The minimum atomic E-state index is -0.485. The highest BCUT2D eigenvalue weighted by molar-refractivity contribution is 6.42. The molecule has 2 aromatic rings. The number of likely N-dealkylation sites (tertiary alicyclic amines) is 2.